The molecule has 21 heavy (non-hydrogen) atoms. The normalized spacial score (nSPS) is 11.1. The van der Waals surface area contributed by atoms with Crippen molar-refractivity contribution < 1.29 is 8.42 Å². The van der Waals surface area contributed by atoms with Crippen molar-refractivity contribution in [2.45, 2.75) is 24.7 Å². The number of sulfonamides is 1. The molecule has 0 bridgehead atoms. The number of hydrogen-bond donors (Lipinski definition) is 1. The largest absolute Gasteiger partial charge is 0.280 e. The van der Waals surface area contributed by atoms with Crippen molar-refractivity contribution in [2.24, 2.45) is 0 Å². The molecule has 0 atom stereocenters. The second-order valence-corrected chi connectivity index (χ2v) is 6.64. The van der Waals surface area contributed by atoms with Crippen molar-refractivity contribution in [3.8, 4) is 6.07 Å². The van der Waals surface area contributed by atoms with Crippen molar-refractivity contribution >= 4 is 15.7 Å². The first-order valence-electron chi connectivity index (χ1n) is 6.56. The van der Waals surface area contributed by atoms with E-state index in [4.69, 9.17) is 5.26 Å². The number of anilines is 1. The Bertz CT molecular complexity index is 790. The fourth-order valence-corrected chi connectivity index (χ4v) is 3.17. The third-order valence-electron chi connectivity index (χ3n) is 3.10. The first-order chi connectivity index (χ1) is 9.94. The second kappa shape index (κ2) is 5.98. The maximum absolute atomic E-state index is 12.4. The van der Waals surface area contributed by atoms with E-state index in [9.17, 15) is 8.42 Å². The summed E-state index contributed by atoms with van der Waals surface area (Å²) in [5.74, 6) is 0.306. The SMILES string of the molecule is CC(C)c1cccc(NS(=O)(=O)c2ccccc2C#N)c1. The summed E-state index contributed by atoms with van der Waals surface area (Å²) in [5, 5.41) is 9.02. The molecule has 4 nitrogen and oxygen atoms in total. The van der Waals surface area contributed by atoms with Crippen LogP contribution in [0.4, 0.5) is 5.69 Å². The molecule has 0 radical (unpaired) electrons. The zero-order valence-corrected chi connectivity index (χ0v) is 12.7. The van der Waals surface area contributed by atoms with Crippen molar-refractivity contribution in [2.75, 3.05) is 4.72 Å². The summed E-state index contributed by atoms with van der Waals surface area (Å²) >= 11 is 0. The summed E-state index contributed by atoms with van der Waals surface area (Å²) in [4.78, 5) is -0.0116. The van der Waals surface area contributed by atoms with Gasteiger partial charge in [-0.2, -0.15) is 5.26 Å². The quantitative estimate of drug-likeness (QED) is 0.939. The third kappa shape index (κ3) is 3.41. The van der Waals surface area contributed by atoms with Crippen molar-refractivity contribution in [3.63, 3.8) is 0 Å². The molecule has 0 aliphatic heterocycles. The Kier molecular flexibility index (Phi) is 4.29. The zero-order valence-electron chi connectivity index (χ0n) is 11.9. The predicted octanol–water partition coefficient (Wildman–Crippen LogP) is 3.48. The Hall–Kier alpha value is -2.32. The number of benzene rings is 2. The van der Waals surface area contributed by atoms with Gasteiger partial charge in [-0.3, -0.25) is 4.72 Å². The smallest absolute Gasteiger partial charge is 0.263 e. The molecule has 0 saturated carbocycles. The Balaban J connectivity index is 2.38. The molecule has 0 fully saturated rings. The average Bonchev–Trinajstić information content (AvgIpc) is 2.47. The molecule has 0 amide bonds. The second-order valence-electron chi connectivity index (χ2n) is 4.99. The van der Waals surface area contributed by atoms with E-state index in [1.807, 2.05) is 32.0 Å². The maximum atomic E-state index is 12.4. The first-order valence-corrected chi connectivity index (χ1v) is 8.04. The van der Waals surface area contributed by atoms with E-state index in [0.717, 1.165) is 5.56 Å². The van der Waals surface area contributed by atoms with Crippen LogP contribution >= 0.6 is 0 Å². The van der Waals surface area contributed by atoms with Crippen molar-refractivity contribution in [1.82, 2.24) is 0 Å². The van der Waals surface area contributed by atoms with Gasteiger partial charge in [-0.1, -0.05) is 38.1 Å². The summed E-state index contributed by atoms with van der Waals surface area (Å²) in [6.07, 6.45) is 0. The molecule has 108 valence electrons. The monoisotopic (exact) mass is 300 g/mol. The van der Waals surface area contributed by atoms with E-state index >= 15 is 0 Å². The van der Waals surface area contributed by atoms with Crippen LogP contribution in [0, 0.1) is 11.3 Å². The highest BCUT2D eigenvalue weighted by Crippen LogP contribution is 2.22. The highest BCUT2D eigenvalue weighted by atomic mass is 32.2. The molecule has 1 N–H and O–H groups in total. The summed E-state index contributed by atoms with van der Waals surface area (Å²) < 4.78 is 27.3. The van der Waals surface area contributed by atoms with E-state index < -0.39 is 10.0 Å². The Morgan fingerprint density at radius 2 is 1.81 bits per heavy atom. The molecule has 2 aromatic rings. The molecule has 0 aliphatic carbocycles. The fraction of sp³-hybridized carbons (Fsp3) is 0.188. The van der Waals surface area contributed by atoms with Gasteiger partial charge in [-0.05, 0) is 35.7 Å². The van der Waals surface area contributed by atoms with Crippen LogP contribution in [-0.4, -0.2) is 8.42 Å². The number of rotatable bonds is 4. The van der Waals surface area contributed by atoms with Crippen molar-refractivity contribution in [1.29, 1.82) is 5.26 Å². The number of hydrogen-bond acceptors (Lipinski definition) is 3. The minimum Gasteiger partial charge on any atom is -0.280 e. The highest BCUT2D eigenvalue weighted by Gasteiger charge is 2.18. The van der Waals surface area contributed by atoms with E-state index in [1.165, 1.54) is 12.1 Å². The first kappa shape index (κ1) is 15.1. The predicted molar refractivity (Wildman–Crippen MR) is 82.5 cm³/mol. The van der Waals surface area contributed by atoms with Gasteiger partial charge in [0.2, 0.25) is 0 Å². The van der Waals surface area contributed by atoms with Crippen LogP contribution in [-0.2, 0) is 10.0 Å². The molecule has 5 heteroatoms. The molecule has 0 spiro atoms. The molecular formula is C16H16N2O2S. The van der Waals surface area contributed by atoms with Crippen LogP contribution < -0.4 is 4.72 Å². The Morgan fingerprint density at radius 3 is 2.48 bits per heavy atom. The van der Waals surface area contributed by atoms with Crippen LogP contribution in [0.15, 0.2) is 53.4 Å². The van der Waals surface area contributed by atoms with Gasteiger partial charge < -0.3 is 0 Å². The minimum atomic E-state index is -3.77. The molecule has 2 rings (SSSR count). The van der Waals surface area contributed by atoms with Crippen molar-refractivity contribution in [3.05, 3.63) is 59.7 Å². The van der Waals surface area contributed by atoms with Gasteiger partial charge >= 0.3 is 0 Å². The van der Waals surface area contributed by atoms with Gasteiger partial charge in [-0.15, -0.1) is 0 Å². The van der Waals surface area contributed by atoms with Gasteiger partial charge in [0.15, 0.2) is 0 Å². The van der Waals surface area contributed by atoms with E-state index in [1.54, 1.807) is 24.3 Å². The molecule has 0 unspecified atom stereocenters. The van der Waals surface area contributed by atoms with E-state index in [2.05, 4.69) is 4.72 Å². The lowest BCUT2D eigenvalue weighted by atomic mass is 10.0. The number of nitriles is 1. The number of nitrogens with zero attached hydrogens (tertiary/aromatic N) is 1. The van der Waals surface area contributed by atoms with Crippen LogP contribution in [0.1, 0.15) is 30.9 Å². The Labute approximate surface area is 125 Å². The summed E-state index contributed by atoms with van der Waals surface area (Å²) in [5.41, 5.74) is 1.67. The number of nitrogens with one attached hydrogen (secondary N) is 1. The van der Waals surface area contributed by atoms with Crippen LogP contribution in [0.5, 0.6) is 0 Å². The summed E-state index contributed by atoms with van der Waals surface area (Å²) in [6.45, 7) is 4.08. The molecule has 2 aromatic carbocycles. The molecule has 0 aromatic heterocycles. The molecule has 0 saturated heterocycles. The molecule has 0 aliphatic rings. The van der Waals surface area contributed by atoms with Gasteiger partial charge in [-0.25, -0.2) is 8.42 Å². The summed E-state index contributed by atoms with van der Waals surface area (Å²) in [6, 6.07) is 15.3. The third-order valence-corrected chi connectivity index (χ3v) is 4.54. The standard InChI is InChI=1S/C16H16N2O2S/c1-12(2)13-7-5-8-15(10-13)18-21(19,20)16-9-4-3-6-14(16)11-17/h3-10,12,18H,1-2H3. The van der Waals surface area contributed by atoms with Crippen LogP contribution in [0.2, 0.25) is 0 Å². The Morgan fingerprint density at radius 1 is 1.10 bits per heavy atom. The fourth-order valence-electron chi connectivity index (χ4n) is 1.96. The van der Waals surface area contributed by atoms with E-state index in [0.29, 0.717) is 11.6 Å². The highest BCUT2D eigenvalue weighted by molar-refractivity contribution is 7.92. The van der Waals surface area contributed by atoms with E-state index in [-0.39, 0.29) is 10.5 Å². The topological polar surface area (TPSA) is 70.0 Å². The summed E-state index contributed by atoms with van der Waals surface area (Å²) in [7, 11) is -3.77. The molecular weight excluding hydrogens is 284 g/mol. The van der Waals surface area contributed by atoms with Gasteiger partial charge in [0.25, 0.3) is 10.0 Å². The molecule has 0 heterocycles. The minimum absolute atomic E-state index is 0.0116. The lowest BCUT2D eigenvalue weighted by Crippen LogP contribution is -2.14. The van der Waals surface area contributed by atoms with Gasteiger partial charge in [0.1, 0.15) is 11.0 Å². The van der Waals surface area contributed by atoms with Crippen LogP contribution in [0.3, 0.4) is 0 Å². The van der Waals surface area contributed by atoms with Crippen LogP contribution in [0.25, 0.3) is 0 Å². The zero-order chi connectivity index (χ0) is 15.5. The lowest BCUT2D eigenvalue weighted by molar-refractivity contribution is 0.601. The average molecular weight is 300 g/mol. The lowest BCUT2D eigenvalue weighted by Gasteiger charge is -2.11. The van der Waals surface area contributed by atoms with Gasteiger partial charge in [0, 0.05) is 5.69 Å². The maximum Gasteiger partial charge on any atom is 0.263 e. The van der Waals surface area contributed by atoms with Gasteiger partial charge in [0.05, 0.1) is 5.56 Å².